The second-order valence-corrected chi connectivity index (χ2v) is 5.04. The van der Waals surface area contributed by atoms with Crippen LogP contribution in [0.25, 0.3) is 0 Å². The fraction of sp³-hybridized carbons (Fsp3) is 0.294. The van der Waals surface area contributed by atoms with Crippen molar-refractivity contribution >= 4 is 5.69 Å². The summed E-state index contributed by atoms with van der Waals surface area (Å²) < 4.78 is 20.8. The van der Waals surface area contributed by atoms with Crippen LogP contribution < -0.4 is 18.9 Å². The molecule has 0 bridgehead atoms. The van der Waals surface area contributed by atoms with Crippen LogP contribution >= 0.6 is 0 Å². The van der Waals surface area contributed by atoms with E-state index in [1.165, 1.54) is 58.8 Å². The SMILES string of the molecule is COc1ccc([N+](=O)[O-])c([C@@H](O)c2cc(OC)c(OC)c(OC)c2)c1. The van der Waals surface area contributed by atoms with Crippen molar-refractivity contribution in [2.24, 2.45) is 0 Å². The quantitative estimate of drug-likeness (QED) is 0.606. The second kappa shape index (κ2) is 7.71. The lowest BCUT2D eigenvalue weighted by molar-refractivity contribution is -0.386. The molecule has 0 saturated carbocycles. The number of rotatable bonds is 7. The van der Waals surface area contributed by atoms with Gasteiger partial charge in [-0.3, -0.25) is 10.1 Å². The monoisotopic (exact) mass is 349 g/mol. The summed E-state index contributed by atoms with van der Waals surface area (Å²) in [5, 5.41) is 22.0. The van der Waals surface area contributed by atoms with Gasteiger partial charge in [0.2, 0.25) is 5.75 Å². The van der Waals surface area contributed by atoms with Crippen molar-refractivity contribution in [3.63, 3.8) is 0 Å². The van der Waals surface area contributed by atoms with Gasteiger partial charge in [-0.15, -0.1) is 0 Å². The lowest BCUT2D eigenvalue weighted by Crippen LogP contribution is -2.06. The van der Waals surface area contributed by atoms with Crippen molar-refractivity contribution in [3.8, 4) is 23.0 Å². The molecule has 0 radical (unpaired) electrons. The number of ether oxygens (including phenoxy) is 4. The average molecular weight is 349 g/mol. The predicted molar refractivity (Wildman–Crippen MR) is 89.8 cm³/mol. The maximum Gasteiger partial charge on any atom is 0.275 e. The maximum atomic E-state index is 11.3. The Bertz CT molecular complexity index is 751. The Kier molecular flexibility index (Phi) is 5.66. The summed E-state index contributed by atoms with van der Waals surface area (Å²) in [5.74, 6) is 1.43. The van der Waals surface area contributed by atoms with E-state index in [9.17, 15) is 15.2 Å². The van der Waals surface area contributed by atoms with Gasteiger partial charge in [0.1, 0.15) is 11.9 Å². The molecular formula is C17H19NO7. The fourth-order valence-corrected chi connectivity index (χ4v) is 2.48. The third kappa shape index (κ3) is 3.58. The molecule has 0 unspecified atom stereocenters. The van der Waals surface area contributed by atoms with Gasteiger partial charge in [-0.25, -0.2) is 0 Å². The zero-order valence-electron chi connectivity index (χ0n) is 14.3. The van der Waals surface area contributed by atoms with Crippen LogP contribution in [0, 0.1) is 10.1 Å². The Morgan fingerprint density at radius 2 is 1.56 bits per heavy atom. The van der Waals surface area contributed by atoms with Gasteiger partial charge in [0.05, 0.1) is 38.9 Å². The Morgan fingerprint density at radius 3 is 2.00 bits per heavy atom. The molecule has 1 N–H and O–H groups in total. The summed E-state index contributed by atoms with van der Waals surface area (Å²) in [6.07, 6.45) is -1.29. The number of nitrogens with zero attached hydrogens (tertiary/aromatic N) is 1. The van der Waals surface area contributed by atoms with Crippen molar-refractivity contribution in [2.75, 3.05) is 28.4 Å². The second-order valence-electron chi connectivity index (χ2n) is 5.04. The van der Waals surface area contributed by atoms with Gasteiger partial charge in [0.15, 0.2) is 11.5 Å². The van der Waals surface area contributed by atoms with Crippen molar-refractivity contribution in [3.05, 3.63) is 51.6 Å². The molecule has 8 heteroatoms. The Hall–Kier alpha value is -3.00. The Morgan fingerprint density at radius 1 is 0.960 bits per heavy atom. The molecule has 0 spiro atoms. The van der Waals surface area contributed by atoms with Crippen LogP contribution in [-0.4, -0.2) is 38.5 Å². The zero-order valence-corrected chi connectivity index (χ0v) is 14.3. The number of aliphatic hydroxyl groups is 1. The van der Waals surface area contributed by atoms with Gasteiger partial charge in [-0.1, -0.05) is 0 Å². The minimum Gasteiger partial charge on any atom is -0.497 e. The zero-order chi connectivity index (χ0) is 18.6. The summed E-state index contributed by atoms with van der Waals surface area (Å²) >= 11 is 0. The molecule has 134 valence electrons. The van der Waals surface area contributed by atoms with E-state index in [0.717, 1.165) is 0 Å². The summed E-state index contributed by atoms with van der Waals surface area (Å²) in [6.45, 7) is 0. The van der Waals surface area contributed by atoms with Crippen molar-refractivity contribution < 1.29 is 29.0 Å². The molecule has 0 aliphatic heterocycles. The lowest BCUT2D eigenvalue weighted by atomic mass is 9.98. The summed E-state index contributed by atoms with van der Waals surface area (Å²) in [5.41, 5.74) is 0.228. The lowest BCUT2D eigenvalue weighted by Gasteiger charge is -2.17. The van der Waals surface area contributed by atoms with Crippen LogP contribution in [-0.2, 0) is 0 Å². The van der Waals surface area contributed by atoms with E-state index < -0.39 is 11.0 Å². The number of hydrogen-bond acceptors (Lipinski definition) is 7. The molecule has 0 heterocycles. The minimum atomic E-state index is -1.29. The van der Waals surface area contributed by atoms with Crippen LogP contribution in [0.5, 0.6) is 23.0 Å². The molecule has 2 aromatic carbocycles. The highest BCUT2D eigenvalue weighted by atomic mass is 16.6. The summed E-state index contributed by atoms with van der Waals surface area (Å²) in [6, 6.07) is 7.25. The van der Waals surface area contributed by atoms with E-state index in [2.05, 4.69) is 0 Å². The van der Waals surface area contributed by atoms with Gasteiger partial charge >= 0.3 is 0 Å². The van der Waals surface area contributed by atoms with Gasteiger partial charge in [0, 0.05) is 6.07 Å². The highest BCUT2D eigenvalue weighted by molar-refractivity contribution is 5.57. The number of hydrogen-bond donors (Lipinski definition) is 1. The van der Waals surface area contributed by atoms with Gasteiger partial charge in [-0.05, 0) is 29.8 Å². The third-order valence-electron chi connectivity index (χ3n) is 3.73. The summed E-state index contributed by atoms with van der Waals surface area (Å²) in [4.78, 5) is 10.7. The smallest absolute Gasteiger partial charge is 0.275 e. The first-order chi connectivity index (χ1) is 12.0. The molecule has 25 heavy (non-hydrogen) atoms. The van der Waals surface area contributed by atoms with Crippen molar-refractivity contribution in [1.82, 2.24) is 0 Å². The average Bonchev–Trinajstić information content (AvgIpc) is 2.65. The molecular weight excluding hydrogens is 330 g/mol. The summed E-state index contributed by atoms with van der Waals surface area (Å²) in [7, 11) is 5.79. The Balaban J connectivity index is 2.61. The molecule has 0 aliphatic rings. The highest BCUT2D eigenvalue weighted by Crippen LogP contribution is 2.42. The molecule has 0 amide bonds. The number of aliphatic hydroxyl groups excluding tert-OH is 1. The molecule has 0 aromatic heterocycles. The molecule has 0 saturated heterocycles. The van der Waals surface area contributed by atoms with E-state index in [1.54, 1.807) is 0 Å². The molecule has 1 atom stereocenters. The van der Waals surface area contributed by atoms with Crippen molar-refractivity contribution in [2.45, 2.75) is 6.10 Å². The molecule has 2 aromatic rings. The number of nitro groups is 1. The topological polar surface area (TPSA) is 100 Å². The largest absolute Gasteiger partial charge is 0.497 e. The highest BCUT2D eigenvalue weighted by Gasteiger charge is 2.25. The van der Waals surface area contributed by atoms with Crippen LogP contribution in [0.15, 0.2) is 30.3 Å². The van der Waals surface area contributed by atoms with Gasteiger partial charge in [-0.2, -0.15) is 0 Å². The van der Waals surface area contributed by atoms with Crippen LogP contribution in [0.4, 0.5) is 5.69 Å². The van der Waals surface area contributed by atoms with Gasteiger partial charge in [0.25, 0.3) is 5.69 Å². The Labute approximate surface area is 144 Å². The minimum absolute atomic E-state index is 0.0959. The number of benzene rings is 2. The van der Waals surface area contributed by atoms with E-state index in [1.807, 2.05) is 0 Å². The molecule has 0 fully saturated rings. The first kappa shape index (κ1) is 18.3. The maximum absolute atomic E-state index is 11.3. The van der Waals surface area contributed by atoms with E-state index in [0.29, 0.717) is 28.6 Å². The van der Waals surface area contributed by atoms with Gasteiger partial charge < -0.3 is 24.1 Å². The van der Waals surface area contributed by atoms with Crippen LogP contribution in [0.3, 0.4) is 0 Å². The van der Waals surface area contributed by atoms with E-state index in [-0.39, 0.29) is 11.3 Å². The van der Waals surface area contributed by atoms with Crippen LogP contribution in [0.2, 0.25) is 0 Å². The number of nitro benzene ring substituents is 1. The predicted octanol–water partition coefficient (Wildman–Crippen LogP) is 2.71. The van der Waals surface area contributed by atoms with Crippen molar-refractivity contribution in [1.29, 1.82) is 0 Å². The normalized spacial score (nSPS) is 11.6. The first-order valence-corrected chi connectivity index (χ1v) is 7.27. The van der Waals surface area contributed by atoms with E-state index in [4.69, 9.17) is 18.9 Å². The van der Waals surface area contributed by atoms with E-state index >= 15 is 0 Å². The molecule has 8 nitrogen and oxygen atoms in total. The first-order valence-electron chi connectivity index (χ1n) is 7.27. The molecule has 2 rings (SSSR count). The standard InChI is InChI=1S/C17H19NO7/c1-22-11-5-6-13(18(20)21)12(9-11)16(19)10-7-14(23-2)17(25-4)15(8-10)24-3/h5-9,16,19H,1-4H3/t16-/m0/s1. The molecule has 0 aliphatic carbocycles. The third-order valence-corrected chi connectivity index (χ3v) is 3.73. The van der Waals surface area contributed by atoms with Crippen LogP contribution in [0.1, 0.15) is 17.2 Å². The fourth-order valence-electron chi connectivity index (χ4n) is 2.48. The number of methoxy groups -OCH3 is 4.